The van der Waals surface area contributed by atoms with E-state index in [4.69, 9.17) is 0 Å². The zero-order valence-electron chi connectivity index (χ0n) is 14.9. The van der Waals surface area contributed by atoms with Gasteiger partial charge in [0.25, 0.3) is 5.91 Å². The lowest BCUT2D eigenvalue weighted by atomic mass is 10.1. The predicted molar refractivity (Wildman–Crippen MR) is 97.4 cm³/mol. The minimum absolute atomic E-state index is 0.142. The minimum atomic E-state index is -0.199. The molecule has 0 aliphatic carbocycles. The Morgan fingerprint density at radius 3 is 2.60 bits per heavy atom. The van der Waals surface area contributed by atoms with Gasteiger partial charge in [-0.3, -0.25) is 9.78 Å². The molecule has 0 radical (unpaired) electrons. The van der Waals surface area contributed by atoms with Crippen LogP contribution < -0.4 is 10.6 Å². The summed E-state index contributed by atoms with van der Waals surface area (Å²) in [5.74, 6) is -0.142. The summed E-state index contributed by atoms with van der Waals surface area (Å²) in [6, 6.07) is 11.3. The second-order valence-electron chi connectivity index (χ2n) is 6.02. The number of hydrogen-bond acceptors (Lipinski definition) is 3. The summed E-state index contributed by atoms with van der Waals surface area (Å²) >= 11 is 0. The number of carbonyl (C=O) groups excluding carboxylic acids is 2. The standard InChI is InChI=1S/C19H24N4O2/c1-14-6-4-5-7-15(14)8-11-21-18(24)16-9-10-20-17(12-16)13-22-19(25)23(2)3/h4-7,9-10,12H,8,11,13H2,1-3H3,(H,21,24)(H,22,25). The summed E-state index contributed by atoms with van der Waals surface area (Å²) in [6.45, 7) is 2.91. The molecule has 0 aliphatic rings. The lowest BCUT2D eigenvalue weighted by molar-refractivity contribution is 0.0954. The fraction of sp³-hybridized carbons (Fsp3) is 0.316. The molecular weight excluding hydrogens is 316 g/mol. The van der Waals surface area contributed by atoms with Crippen molar-refractivity contribution in [3.05, 3.63) is 65.0 Å². The van der Waals surface area contributed by atoms with Crippen LogP contribution in [0.25, 0.3) is 0 Å². The average Bonchev–Trinajstić information content (AvgIpc) is 2.61. The Bertz CT molecular complexity index is 744. The van der Waals surface area contributed by atoms with Gasteiger partial charge >= 0.3 is 6.03 Å². The zero-order valence-corrected chi connectivity index (χ0v) is 14.9. The van der Waals surface area contributed by atoms with Crippen LogP contribution >= 0.6 is 0 Å². The minimum Gasteiger partial charge on any atom is -0.352 e. The van der Waals surface area contributed by atoms with E-state index in [1.165, 1.54) is 16.0 Å². The first-order valence-corrected chi connectivity index (χ1v) is 8.20. The van der Waals surface area contributed by atoms with E-state index in [-0.39, 0.29) is 18.5 Å². The molecule has 0 bridgehead atoms. The van der Waals surface area contributed by atoms with Crippen molar-refractivity contribution in [2.75, 3.05) is 20.6 Å². The van der Waals surface area contributed by atoms with Gasteiger partial charge in [-0.1, -0.05) is 24.3 Å². The van der Waals surface area contributed by atoms with E-state index in [1.807, 2.05) is 12.1 Å². The number of urea groups is 1. The van der Waals surface area contributed by atoms with Crippen molar-refractivity contribution < 1.29 is 9.59 Å². The van der Waals surface area contributed by atoms with Crippen molar-refractivity contribution in [1.82, 2.24) is 20.5 Å². The van der Waals surface area contributed by atoms with Gasteiger partial charge in [-0.15, -0.1) is 0 Å². The van der Waals surface area contributed by atoms with Crippen LogP contribution in [0.3, 0.4) is 0 Å². The van der Waals surface area contributed by atoms with Crippen LogP contribution in [0.2, 0.25) is 0 Å². The smallest absolute Gasteiger partial charge is 0.317 e. The van der Waals surface area contributed by atoms with Crippen molar-refractivity contribution in [2.24, 2.45) is 0 Å². The molecule has 1 heterocycles. The van der Waals surface area contributed by atoms with E-state index in [1.54, 1.807) is 32.4 Å². The van der Waals surface area contributed by atoms with Crippen molar-refractivity contribution in [1.29, 1.82) is 0 Å². The van der Waals surface area contributed by atoms with Crippen molar-refractivity contribution >= 4 is 11.9 Å². The van der Waals surface area contributed by atoms with Gasteiger partial charge in [-0.05, 0) is 36.6 Å². The van der Waals surface area contributed by atoms with Crippen molar-refractivity contribution in [2.45, 2.75) is 19.9 Å². The molecule has 132 valence electrons. The molecule has 0 spiro atoms. The molecule has 0 saturated heterocycles. The van der Waals surface area contributed by atoms with Gasteiger partial charge in [0.05, 0.1) is 12.2 Å². The quantitative estimate of drug-likeness (QED) is 0.846. The highest BCUT2D eigenvalue weighted by molar-refractivity contribution is 5.94. The zero-order chi connectivity index (χ0) is 18.2. The van der Waals surface area contributed by atoms with Gasteiger partial charge in [-0.2, -0.15) is 0 Å². The first kappa shape index (κ1) is 18.4. The Balaban J connectivity index is 1.88. The van der Waals surface area contributed by atoms with Gasteiger partial charge in [0.15, 0.2) is 0 Å². The lowest BCUT2D eigenvalue weighted by Crippen LogP contribution is -2.34. The number of hydrogen-bond donors (Lipinski definition) is 2. The Labute approximate surface area is 148 Å². The van der Waals surface area contributed by atoms with Gasteiger partial charge in [-0.25, -0.2) is 4.79 Å². The molecule has 0 fully saturated rings. The maximum Gasteiger partial charge on any atom is 0.317 e. The van der Waals surface area contributed by atoms with Gasteiger partial charge in [0, 0.05) is 32.4 Å². The molecule has 0 saturated carbocycles. The Hall–Kier alpha value is -2.89. The molecule has 6 heteroatoms. The molecule has 0 aliphatic heterocycles. The van der Waals surface area contributed by atoms with Gasteiger partial charge in [0.2, 0.25) is 0 Å². The molecular formula is C19H24N4O2. The molecule has 2 N–H and O–H groups in total. The summed E-state index contributed by atoms with van der Waals surface area (Å²) in [7, 11) is 3.34. The fourth-order valence-electron chi connectivity index (χ4n) is 2.34. The first-order chi connectivity index (χ1) is 12.0. The summed E-state index contributed by atoms with van der Waals surface area (Å²) in [6.07, 6.45) is 2.36. The number of nitrogens with zero attached hydrogens (tertiary/aromatic N) is 2. The number of nitrogens with one attached hydrogen (secondary N) is 2. The van der Waals surface area contributed by atoms with Crippen LogP contribution in [0.15, 0.2) is 42.6 Å². The molecule has 6 nitrogen and oxygen atoms in total. The monoisotopic (exact) mass is 340 g/mol. The van der Waals surface area contributed by atoms with Crippen LogP contribution in [0.1, 0.15) is 27.2 Å². The van der Waals surface area contributed by atoms with E-state index in [0.29, 0.717) is 17.8 Å². The molecule has 1 aromatic carbocycles. The number of amides is 3. The molecule has 1 aromatic heterocycles. The van der Waals surface area contributed by atoms with E-state index in [9.17, 15) is 9.59 Å². The van der Waals surface area contributed by atoms with Crippen LogP contribution in [0.4, 0.5) is 4.79 Å². The maximum absolute atomic E-state index is 12.3. The highest BCUT2D eigenvalue weighted by atomic mass is 16.2. The normalized spacial score (nSPS) is 10.2. The van der Waals surface area contributed by atoms with Gasteiger partial charge in [0.1, 0.15) is 0 Å². The summed E-state index contributed by atoms with van der Waals surface area (Å²) < 4.78 is 0. The number of carbonyl (C=O) groups is 2. The highest BCUT2D eigenvalue weighted by Gasteiger charge is 2.08. The third-order valence-corrected chi connectivity index (χ3v) is 3.85. The van der Waals surface area contributed by atoms with E-state index >= 15 is 0 Å². The highest BCUT2D eigenvalue weighted by Crippen LogP contribution is 2.07. The molecule has 2 aromatic rings. The third kappa shape index (κ3) is 5.60. The molecule has 0 unspecified atom stereocenters. The number of rotatable bonds is 6. The molecule has 3 amide bonds. The van der Waals surface area contributed by atoms with Gasteiger partial charge < -0.3 is 15.5 Å². The first-order valence-electron chi connectivity index (χ1n) is 8.20. The Morgan fingerprint density at radius 2 is 1.88 bits per heavy atom. The third-order valence-electron chi connectivity index (χ3n) is 3.85. The molecule has 0 atom stereocenters. The Morgan fingerprint density at radius 1 is 1.12 bits per heavy atom. The molecule has 25 heavy (non-hydrogen) atoms. The van der Waals surface area contributed by atoms with Crippen LogP contribution in [0, 0.1) is 6.92 Å². The second-order valence-corrected chi connectivity index (χ2v) is 6.02. The average molecular weight is 340 g/mol. The SMILES string of the molecule is Cc1ccccc1CCNC(=O)c1ccnc(CNC(=O)N(C)C)c1. The second kappa shape index (κ2) is 8.82. The maximum atomic E-state index is 12.3. The fourth-order valence-corrected chi connectivity index (χ4v) is 2.34. The van der Waals surface area contributed by atoms with Crippen LogP contribution in [-0.2, 0) is 13.0 Å². The number of aromatic nitrogens is 1. The summed E-state index contributed by atoms with van der Waals surface area (Å²) in [5.41, 5.74) is 3.62. The summed E-state index contributed by atoms with van der Waals surface area (Å²) in [5, 5.41) is 5.65. The lowest BCUT2D eigenvalue weighted by Gasteiger charge is -2.12. The number of pyridine rings is 1. The van der Waals surface area contributed by atoms with E-state index in [2.05, 4.69) is 34.7 Å². The largest absolute Gasteiger partial charge is 0.352 e. The topological polar surface area (TPSA) is 74.3 Å². The van der Waals surface area contributed by atoms with Crippen LogP contribution in [0.5, 0.6) is 0 Å². The number of benzene rings is 1. The Kier molecular flexibility index (Phi) is 6.51. The van der Waals surface area contributed by atoms with E-state index < -0.39 is 0 Å². The predicted octanol–water partition coefficient (Wildman–Crippen LogP) is 2.13. The van der Waals surface area contributed by atoms with Crippen LogP contribution in [-0.4, -0.2) is 42.5 Å². The van der Waals surface area contributed by atoms with Crippen molar-refractivity contribution in [3.8, 4) is 0 Å². The molecule has 2 rings (SSSR count). The number of aryl methyl sites for hydroxylation is 1. The van der Waals surface area contributed by atoms with E-state index in [0.717, 1.165) is 6.42 Å². The van der Waals surface area contributed by atoms with Crippen molar-refractivity contribution in [3.63, 3.8) is 0 Å². The summed E-state index contributed by atoms with van der Waals surface area (Å²) in [4.78, 5) is 29.5.